The van der Waals surface area contributed by atoms with Crippen LogP contribution in [0.5, 0.6) is 0 Å². The highest BCUT2D eigenvalue weighted by atomic mass is 16.5. The second-order valence-electron chi connectivity index (χ2n) is 7.43. The Bertz CT molecular complexity index is 600. The summed E-state index contributed by atoms with van der Waals surface area (Å²) in [6.07, 6.45) is 1.64. The minimum atomic E-state index is -0.683. The predicted molar refractivity (Wildman–Crippen MR) is 100 cm³/mol. The first-order valence-corrected chi connectivity index (χ1v) is 9.60. The fourth-order valence-corrected chi connectivity index (χ4v) is 4.07. The Morgan fingerprint density at radius 1 is 1.23 bits per heavy atom. The number of rotatable bonds is 5. The highest BCUT2D eigenvalue weighted by molar-refractivity contribution is 5.94. The first kappa shape index (κ1) is 19.1. The highest BCUT2D eigenvalue weighted by Crippen LogP contribution is 2.36. The molecule has 2 heterocycles. The molecule has 1 amide bonds. The Morgan fingerprint density at radius 3 is 2.50 bits per heavy atom. The molecule has 6 nitrogen and oxygen atoms in total. The van der Waals surface area contributed by atoms with Crippen LogP contribution in [0.25, 0.3) is 0 Å². The third kappa shape index (κ3) is 3.87. The smallest absolute Gasteiger partial charge is 0.253 e. The number of aliphatic hydroxyl groups is 2. The summed E-state index contributed by atoms with van der Waals surface area (Å²) in [5.41, 5.74) is 1.28. The number of anilines is 1. The minimum Gasteiger partial charge on any atom is -0.396 e. The first-order chi connectivity index (χ1) is 12.6. The molecule has 0 unspecified atom stereocenters. The van der Waals surface area contributed by atoms with E-state index in [1.165, 1.54) is 0 Å². The number of benzene rings is 1. The molecule has 3 rings (SSSR count). The van der Waals surface area contributed by atoms with Crippen molar-refractivity contribution in [3.05, 3.63) is 29.8 Å². The molecule has 26 heavy (non-hydrogen) atoms. The van der Waals surface area contributed by atoms with Gasteiger partial charge in [-0.2, -0.15) is 0 Å². The van der Waals surface area contributed by atoms with Gasteiger partial charge in [0, 0.05) is 42.8 Å². The third-order valence-corrected chi connectivity index (χ3v) is 5.82. The Kier molecular flexibility index (Phi) is 6.16. The molecule has 144 valence electrons. The molecule has 0 aliphatic carbocycles. The molecule has 1 aromatic carbocycles. The average molecular weight is 362 g/mol. The number of piperidine rings is 1. The Balaban J connectivity index is 1.64. The number of amides is 1. The van der Waals surface area contributed by atoms with Gasteiger partial charge in [-0.1, -0.05) is 13.3 Å². The number of carbonyl (C=O) groups is 1. The lowest BCUT2D eigenvalue weighted by molar-refractivity contribution is -0.0713. The molecular weight excluding hydrogens is 332 g/mol. The van der Waals surface area contributed by atoms with Crippen molar-refractivity contribution in [1.82, 2.24) is 4.90 Å². The molecule has 0 saturated carbocycles. The fraction of sp³-hybridized carbons (Fsp3) is 0.650. The lowest BCUT2D eigenvalue weighted by Crippen LogP contribution is -2.54. The van der Waals surface area contributed by atoms with Crippen molar-refractivity contribution in [2.75, 3.05) is 50.9 Å². The van der Waals surface area contributed by atoms with E-state index < -0.39 is 11.5 Å². The van der Waals surface area contributed by atoms with E-state index in [2.05, 4.69) is 11.8 Å². The molecular formula is C20H30N2O4. The number of carbonyl (C=O) groups excluding carboxylic acids is 1. The molecule has 2 N–H and O–H groups in total. The molecule has 2 fully saturated rings. The van der Waals surface area contributed by atoms with Crippen molar-refractivity contribution in [3.63, 3.8) is 0 Å². The van der Waals surface area contributed by atoms with E-state index in [9.17, 15) is 15.0 Å². The molecule has 2 aliphatic rings. The molecule has 0 aromatic heterocycles. The van der Waals surface area contributed by atoms with Crippen LogP contribution in [-0.2, 0) is 4.74 Å². The van der Waals surface area contributed by atoms with Gasteiger partial charge in [-0.15, -0.1) is 0 Å². The fourth-order valence-electron chi connectivity index (χ4n) is 4.07. The van der Waals surface area contributed by atoms with Gasteiger partial charge in [-0.05, 0) is 37.1 Å². The zero-order chi connectivity index (χ0) is 18.6. The SMILES string of the molecule is CCC[C@]1(CO)CCN(C(=O)c2ccc(N3CCOCC3)cc2)C[C@H]1O. The number of β-amino-alcohol motifs (C(OH)–C–C–N with tert-alkyl or cyclic N) is 1. The van der Waals surface area contributed by atoms with Crippen LogP contribution in [0.15, 0.2) is 24.3 Å². The van der Waals surface area contributed by atoms with Gasteiger partial charge in [0.25, 0.3) is 5.91 Å². The summed E-state index contributed by atoms with van der Waals surface area (Å²) in [6, 6.07) is 7.68. The summed E-state index contributed by atoms with van der Waals surface area (Å²) in [5, 5.41) is 20.3. The van der Waals surface area contributed by atoms with E-state index in [1.54, 1.807) is 4.90 Å². The van der Waals surface area contributed by atoms with E-state index >= 15 is 0 Å². The maximum Gasteiger partial charge on any atom is 0.253 e. The number of aliphatic hydroxyl groups excluding tert-OH is 2. The van der Waals surface area contributed by atoms with Crippen molar-refractivity contribution in [2.24, 2.45) is 5.41 Å². The first-order valence-electron chi connectivity index (χ1n) is 9.60. The summed E-state index contributed by atoms with van der Waals surface area (Å²) in [7, 11) is 0. The van der Waals surface area contributed by atoms with E-state index in [1.807, 2.05) is 24.3 Å². The van der Waals surface area contributed by atoms with Crippen LogP contribution in [-0.4, -0.2) is 73.1 Å². The van der Waals surface area contributed by atoms with E-state index in [-0.39, 0.29) is 19.1 Å². The van der Waals surface area contributed by atoms with Crippen molar-refractivity contribution in [2.45, 2.75) is 32.3 Å². The number of nitrogens with zero attached hydrogens (tertiary/aromatic N) is 2. The van der Waals surface area contributed by atoms with Crippen LogP contribution in [0.3, 0.4) is 0 Å². The Morgan fingerprint density at radius 2 is 1.92 bits per heavy atom. The van der Waals surface area contributed by atoms with Gasteiger partial charge in [0.1, 0.15) is 0 Å². The maximum absolute atomic E-state index is 12.8. The second kappa shape index (κ2) is 8.37. The molecule has 0 spiro atoms. The van der Waals surface area contributed by atoms with E-state index in [0.717, 1.165) is 44.8 Å². The average Bonchev–Trinajstić information content (AvgIpc) is 2.70. The van der Waals surface area contributed by atoms with Gasteiger partial charge < -0.3 is 24.7 Å². The normalized spacial score (nSPS) is 26.8. The molecule has 2 aliphatic heterocycles. The largest absolute Gasteiger partial charge is 0.396 e. The van der Waals surface area contributed by atoms with Crippen LogP contribution >= 0.6 is 0 Å². The summed E-state index contributed by atoms with van der Waals surface area (Å²) in [5.74, 6) is -0.0550. The van der Waals surface area contributed by atoms with Crippen molar-refractivity contribution < 1.29 is 19.7 Å². The number of morpholine rings is 1. The lowest BCUT2D eigenvalue weighted by atomic mass is 9.73. The molecule has 2 atom stereocenters. The molecule has 0 bridgehead atoms. The van der Waals surface area contributed by atoms with Crippen LogP contribution in [0.2, 0.25) is 0 Å². The molecule has 0 radical (unpaired) electrons. The lowest BCUT2D eigenvalue weighted by Gasteiger charge is -2.44. The van der Waals surface area contributed by atoms with Gasteiger partial charge in [0.05, 0.1) is 25.9 Å². The summed E-state index contributed by atoms with van der Waals surface area (Å²) >= 11 is 0. The third-order valence-electron chi connectivity index (χ3n) is 5.82. The van der Waals surface area contributed by atoms with Crippen LogP contribution in [0, 0.1) is 5.41 Å². The van der Waals surface area contributed by atoms with E-state index in [0.29, 0.717) is 18.5 Å². The molecule has 1 aromatic rings. The number of ether oxygens (including phenoxy) is 1. The summed E-state index contributed by atoms with van der Waals surface area (Å²) in [4.78, 5) is 16.8. The minimum absolute atomic E-state index is 0.0295. The molecule has 2 saturated heterocycles. The zero-order valence-electron chi connectivity index (χ0n) is 15.6. The Labute approximate surface area is 155 Å². The zero-order valence-corrected chi connectivity index (χ0v) is 15.6. The van der Waals surface area contributed by atoms with Gasteiger partial charge in [-0.3, -0.25) is 4.79 Å². The number of likely N-dealkylation sites (tertiary alicyclic amines) is 1. The monoisotopic (exact) mass is 362 g/mol. The quantitative estimate of drug-likeness (QED) is 0.831. The van der Waals surface area contributed by atoms with Crippen LogP contribution in [0.1, 0.15) is 36.5 Å². The van der Waals surface area contributed by atoms with Gasteiger partial charge >= 0.3 is 0 Å². The standard InChI is InChI=1S/C20H30N2O4/c1-2-7-20(15-23)8-9-22(14-18(20)24)19(25)16-3-5-17(6-4-16)21-10-12-26-13-11-21/h3-6,18,23-24H,2,7-15H2,1H3/t18-,20-/m1/s1. The summed E-state index contributed by atoms with van der Waals surface area (Å²) in [6.45, 7) is 6.08. The predicted octanol–water partition coefficient (Wildman–Crippen LogP) is 1.51. The second-order valence-corrected chi connectivity index (χ2v) is 7.43. The van der Waals surface area contributed by atoms with Gasteiger partial charge in [0.15, 0.2) is 0 Å². The highest BCUT2D eigenvalue weighted by Gasteiger charge is 2.42. The maximum atomic E-state index is 12.8. The van der Waals surface area contributed by atoms with Gasteiger partial charge in [-0.25, -0.2) is 0 Å². The van der Waals surface area contributed by atoms with Crippen LogP contribution in [0.4, 0.5) is 5.69 Å². The van der Waals surface area contributed by atoms with E-state index in [4.69, 9.17) is 4.74 Å². The summed E-state index contributed by atoms with van der Waals surface area (Å²) < 4.78 is 5.37. The molecule has 6 heteroatoms. The number of hydrogen-bond donors (Lipinski definition) is 2. The van der Waals surface area contributed by atoms with Crippen molar-refractivity contribution >= 4 is 11.6 Å². The van der Waals surface area contributed by atoms with Crippen LogP contribution < -0.4 is 4.90 Å². The van der Waals surface area contributed by atoms with Crippen molar-refractivity contribution in [3.8, 4) is 0 Å². The topological polar surface area (TPSA) is 73.2 Å². The van der Waals surface area contributed by atoms with Gasteiger partial charge in [0.2, 0.25) is 0 Å². The number of hydrogen-bond acceptors (Lipinski definition) is 5. The van der Waals surface area contributed by atoms with Crippen molar-refractivity contribution in [1.29, 1.82) is 0 Å². The Hall–Kier alpha value is -1.63.